The van der Waals surface area contributed by atoms with Gasteiger partial charge in [0.1, 0.15) is 23.0 Å². The van der Waals surface area contributed by atoms with Crippen LogP contribution in [-0.4, -0.2) is 53.3 Å². The number of nitrogens with zero attached hydrogens (tertiary/aromatic N) is 3. The number of aryl methyl sites for hydroxylation is 2. The molecule has 0 unspecified atom stereocenters. The Bertz CT molecular complexity index is 1250. The van der Waals surface area contributed by atoms with Gasteiger partial charge < -0.3 is 24.1 Å². The van der Waals surface area contributed by atoms with E-state index >= 15 is 0 Å². The normalized spacial score (nSPS) is 14.0. The zero-order valence-corrected chi connectivity index (χ0v) is 19.0. The monoisotopic (exact) mass is 492 g/mol. The molecule has 1 fully saturated rings. The van der Waals surface area contributed by atoms with Gasteiger partial charge in [0.15, 0.2) is 0 Å². The predicted octanol–water partition coefficient (Wildman–Crippen LogP) is 3.37. The summed E-state index contributed by atoms with van der Waals surface area (Å²) in [6.45, 7) is 1.44. The van der Waals surface area contributed by atoms with Crippen LogP contribution in [0.2, 0.25) is 0 Å². The first-order valence-electron chi connectivity index (χ1n) is 10.8. The maximum Gasteiger partial charge on any atom is 0.433 e. The molecule has 1 saturated heterocycles. The molecule has 3 heterocycles. The second-order valence-corrected chi connectivity index (χ2v) is 8.07. The minimum Gasteiger partial charge on any atom is -0.491 e. The average molecular weight is 492 g/mol. The number of methoxy groups -OCH3 is 1. The Morgan fingerprint density at radius 1 is 1.23 bits per heavy atom. The third-order valence-electron chi connectivity index (χ3n) is 5.56. The Hall–Kier alpha value is -3.67. The number of hydrogen-bond acceptors (Lipinski definition) is 7. The van der Waals surface area contributed by atoms with E-state index in [2.05, 4.69) is 20.0 Å². The number of pyridine rings is 1. The van der Waals surface area contributed by atoms with Gasteiger partial charge in [0.25, 0.3) is 5.91 Å². The topological polar surface area (TPSA) is 105 Å². The standard InChI is InChI=1S/C23H23F3N4O5/c1-30-17-8-16(29-22(32)14-4-3-5-19(27-14)23(24,25)26)18(35-12-13-10-34-11-13)9-15(17)28-20(30)6-7-21(31)33-2/h3-5,8-9,13H,6-7,10-12H2,1-2H3,(H,29,32). The zero-order chi connectivity index (χ0) is 25.2. The summed E-state index contributed by atoms with van der Waals surface area (Å²) in [5.41, 5.74) is -0.0886. The molecule has 3 aromatic rings. The van der Waals surface area contributed by atoms with Gasteiger partial charge in [0.2, 0.25) is 0 Å². The first-order chi connectivity index (χ1) is 16.7. The Morgan fingerprint density at radius 2 is 2.00 bits per heavy atom. The molecular weight excluding hydrogens is 469 g/mol. The number of benzene rings is 1. The van der Waals surface area contributed by atoms with Gasteiger partial charge in [-0.15, -0.1) is 0 Å². The summed E-state index contributed by atoms with van der Waals surface area (Å²) in [6, 6.07) is 6.39. The number of fused-ring (bicyclic) bond motifs is 1. The lowest BCUT2D eigenvalue weighted by Gasteiger charge is -2.26. The smallest absolute Gasteiger partial charge is 0.433 e. The molecule has 1 aliphatic heterocycles. The number of anilines is 1. The molecule has 0 aliphatic carbocycles. The zero-order valence-electron chi connectivity index (χ0n) is 19.0. The largest absolute Gasteiger partial charge is 0.491 e. The second-order valence-electron chi connectivity index (χ2n) is 8.07. The number of carbonyl (C=O) groups is 2. The Morgan fingerprint density at radius 3 is 2.66 bits per heavy atom. The summed E-state index contributed by atoms with van der Waals surface area (Å²) in [6.07, 6.45) is -4.20. The summed E-state index contributed by atoms with van der Waals surface area (Å²) in [7, 11) is 3.07. The number of nitrogens with one attached hydrogen (secondary N) is 1. The van der Waals surface area contributed by atoms with Crippen LogP contribution in [0.3, 0.4) is 0 Å². The molecule has 4 rings (SSSR count). The summed E-state index contributed by atoms with van der Waals surface area (Å²) < 4.78 is 56.6. The summed E-state index contributed by atoms with van der Waals surface area (Å²) >= 11 is 0. The molecule has 0 atom stereocenters. The summed E-state index contributed by atoms with van der Waals surface area (Å²) in [4.78, 5) is 32.3. The SMILES string of the molecule is COC(=O)CCc1nc2cc(OCC3COC3)c(NC(=O)c3cccc(C(F)(F)F)n3)cc2n1C. The highest BCUT2D eigenvalue weighted by Gasteiger charge is 2.33. The molecule has 1 amide bonds. The van der Waals surface area contributed by atoms with Crippen molar-refractivity contribution >= 4 is 28.6 Å². The van der Waals surface area contributed by atoms with Crippen molar-refractivity contribution in [1.29, 1.82) is 0 Å². The fourth-order valence-electron chi connectivity index (χ4n) is 3.52. The van der Waals surface area contributed by atoms with E-state index in [1.54, 1.807) is 23.7 Å². The molecule has 1 aromatic carbocycles. The maximum absolute atomic E-state index is 13.0. The molecule has 2 aromatic heterocycles. The average Bonchev–Trinajstić information content (AvgIpc) is 3.10. The van der Waals surface area contributed by atoms with Gasteiger partial charge in [-0.05, 0) is 18.2 Å². The van der Waals surface area contributed by atoms with Gasteiger partial charge in [-0.25, -0.2) is 9.97 Å². The van der Waals surface area contributed by atoms with E-state index in [9.17, 15) is 22.8 Å². The van der Waals surface area contributed by atoms with E-state index in [1.807, 2.05) is 0 Å². The molecule has 0 radical (unpaired) electrons. The van der Waals surface area contributed by atoms with E-state index in [0.29, 0.717) is 48.8 Å². The number of esters is 1. The molecule has 9 nitrogen and oxygen atoms in total. The quantitative estimate of drug-likeness (QED) is 0.481. The lowest BCUT2D eigenvalue weighted by molar-refractivity contribution is -0.141. The van der Waals surface area contributed by atoms with Crippen molar-refractivity contribution in [2.75, 3.05) is 32.2 Å². The third-order valence-corrected chi connectivity index (χ3v) is 5.56. The first kappa shape index (κ1) is 24.5. The lowest BCUT2D eigenvalue weighted by Crippen LogP contribution is -2.32. The molecular formula is C23H23F3N4O5. The molecule has 0 spiro atoms. The van der Waals surface area contributed by atoms with Gasteiger partial charge >= 0.3 is 12.1 Å². The van der Waals surface area contributed by atoms with Crippen molar-refractivity contribution in [3.8, 4) is 5.75 Å². The molecule has 12 heteroatoms. The molecule has 0 saturated carbocycles. The number of imidazole rings is 1. The van der Waals surface area contributed by atoms with Crippen LogP contribution in [-0.2, 0) is 33.9 Å². The Kier molecular flexibility index (Phi) is 6.92. The lowest BCUT2D eigenvalue weighted by atomic mass is 10.1. The first-order valence-corrected chi connectivity index (χ1v) is 10.8. The number of halogens is 3. The molecule has 186 valence electrons. The highest BCUT2D eigenvalue weighted by Crippen LogP contribution is 2.33. The van der Waals surface area contributed by atoms with Crippen LogP contribution in [0.1, 0.15) is 28.4 Å². The van der Waals surface area contributed by atoms with Gasteiger partial charge in [-0.3, -0.25) is 9.59 Å². The van der Waals surface area contributed by atoms with Crippen molar-refractivity contribution in [3.05, 3.63) is 47.5 Å². The fraction of sp³-hybridized carbons (Fsp3) is 0.391. The minimum absolute atomic E-state index is 0.142. The molecule has 35 heavy (non-hydrogen) atoms. The van der Waals surface area contributed by atoms with Crippen molar-refractivity contribution in [2.24, 2.45) is 13.0 Å². The van der Waals surface area contributed by atoms with Gasteiger partial charge in [-0.1, -0.05) is 6.07 Å². The van der Waals surface area contributed by atoms with Crippen LogP contribution in [0.25, 0.3) is 11.0 Å². The van der Waals surface area contributed by atoms with Crippen LogP contribution in [0.5, 0.6) is 5.75 Å². The summed E-state index contributed by atoms with van der Waals surface area (Å²) in [5.74, 6) is -0.0708. The number of ether oxygens (including phenoxy) is 3. The van der Waals surface area contributed by atoms with Crippen LogP contribution < -0.4 is 10.1 Å². The Balaban J connectivity index is 1.65. The van der Waals surface area contributed by atoms with Gasteiger partial charge in [0, 0.05) is 25.5 Å². The highest BCUT2D eigenvalue weighted by molar-refractivity contribution is 6.04. The van der Waals surface area contributed by atoms with Crippen LogP contribution in [0.4, 0.5) is 18.9 Å². The van der Waals surface area contributed by atoms with E-state index in [0.717, 1.165) is 12.1 Å². The van der Waals surface area contributed by atoms with E-state index < -0.39 is 17.8 Å². The van der Waals surface area contributed by atoms with Gasteiger partial charge in [0.05, 0.1) is 50.1 Å². The molecule has 1 aliphatic rings. The minimum atomic E-state index is -4.68. The molecule has 0 bridgehead atoms. The van der Waals surface area contributed by atoms with Crippen molar-refractivity contribution in [3.63, 3.8) is 0 Å². The van der Waals surface area contributed by atoms with Crippen molar-refractivity contribution in [2.45, 2.75) is 19.0 Å². The number of amides is 1. The number of carbonyl (C=O) groups excluding carboxylic acids is 2. The maximum atomic E-state index is 13.0. The fourth-order valence-corrected chi connectivity index (χ4v) is 3.52. The predicted molar refractivity (Wildman–Crippen MR) is 118 cm³/mol. The Labute approximate surface area is 198 Å². The second kappa shape index (κ2) is 9.90. The van der Waals surface area contributed by atoms with Crippen LogP contribution in [0, 0.1) is 5.92 Å². The van der Waals surface area contributed by atoms with E-state index in [-0.39, 0.29) is 29.7 Å². The van der Waals surface area contributed by atoms with E-state index in [4.69, 9.17) is 9.47 Å². The van der Waals surface area contributed by atoms with Crippen molar-refractivity contribution < 1.29 is 37.0 Å². The van der Waals surface area contributed by atoms with Crippen molar-refractivity contribution in [1.82, 2.24) is 14.5 Å². The van der Waals surface area contributed by atoms with E-state index in [1.165, 1.54) is 13.2 Å². The number of aromatic nitrogens is 3. The number of hydrogen-bond donors (Lipinski definition) is 1. The highest BCUT2D eigenvalue weighted by atomic mass is 19.4. The third kappa shape index (κ3) is 5.53. The summed E-state index contributed by atoms with van der Waals surface area (Å²) in [5, 5.41) is 2.61. The van der Waals surface area contributed by atoms with Crippen LogP contribution >= 0.6 is 0 Å². The number of rotatable bonds is 8. The number of alkyl halides is 3. The molecule has 1 N–H and O–H groups in total. The van der Waals surface area contributed by atoms with Crippen LogP contribution in [0.15, 0.2) is 30.3 Å². The van der Waals surface area contributed by atoms with Gasteiger partial charge in [-0.2, -0.15) is 13.2 Å².